The van der Waals surface area contributed by atoms with Crippen LogP contribution < -0.4 is 10.7 Å². The van der Waals surface area contributed by atoms with Crippen molar-refractivity contribution in [3.63, 3.8) is 0 Å². The zero-order valence-electron chi connectivity index (χ0n) is 9.91. The Bertz CT molecular complexity index is 590. The predicted octanol–water partition coefficient (Wildman–Crippen LogP) is 2.21. The molecule has 2 aliphatic rings. The van der Waals surface area contributed by atoms with Crippen LogP contribution in [0.1, 0.15) is 5.56 Å². The van der Waals surface area contributed by atoms with E-state index in [9.17, 15) is 4.79 Å². The van der Waals surface area contributed by atoms with Crippen LogP contribution in [0.2, 0.25) is 10.0 Å². The van der Waals surface area contributed by atoms with Gasteiger partial charge in [-0.15, -0.1) is 0 Å². The van der Waals surface area contributed by atoms with Crippen LogP contribution in [0.25, 0.3) is 0 Å². The summed E-state index contributed by atoms with van der Waals surface area (Å²) in [5.41, 5.74) is 4.55. The topological polar surface area (TPSA) is 44.4 Å². The molecule has 0 aromatic heterocycles. The Labute approximate surface area is 120 Å². The van der Waals surface area contributed by atoms with Crippen molar-refractivity contribution in [2.24, 2.45) is 0 Å². The summed E-state index contributed by atoms with van der Waals surface area (Å²) in [6.07, 6.45) is 3.96. The van der Waals surface area contributed by atoms with E-state index in [4.69, 9.17) is 23.2 Å². The molecule has 1 amide bonds. The molecule has 1 aromatic rings. The van der Waals surface area contributed by atoms with Crippen molar-refractivity contribution >= 4 is 29.1 Å². The SMILES string of the molecule is O=C1C=C(Cc2c(Cl)cccc2Cl)NC2=CCNN12. The summed E-state index contributed by atoms with van der Waals surface area (Å²) in [6.45, 7) is 0.641. The van der Waals surface area contributed by atoms with Crippen LogP contribution in [0, 0.1) is 0 Å². The van der Waals surface area contributed by atoms with E-state index in [0.717, 1.165) is 17.1 Å². The Kier molecular flexibility index (Phi) is 3.22. The smallest absolute Gasteiger partial charge is 0.268 e. The number of benzene rings is 1. The van der Waals surface area contributed by atoms with E-state index in [1.54, 1.807) is 24.3 Å². The van der Waals surface area contributed by atoms with E-state index in [0.29, 0.717) is 23.0 Å². The van der Waals surface area contributed by atoms with Gasteiger partial charge in [-0.1, -0.05) is 29.3 Å². The first kappa shape index (κ1) is 12.5. The van der Waals surface area contributed by atoms with Crippen molar-refractivity contribution in [3.05, 3.63) is 57.5 Å². The van der Waals surface area contributed by atoms with Gasteiger partial charge in [0.15, 0.2) is 0 Å². The molecule has 2 heterocycles. The van der Waals surface area contributed by atoms with Crippen LogP contribution in [-0.4, -0.2) is 17.5 Å². The monoisotopic (exact) mass is 295 g/mol. The highest BCUT2D eigenvalue weighted by molar-refractivity contribution is 6.36. The molecule has 0 aliphatic carbocycles. The molecule has 3 rings (SSSR count). The highest BCUT2D eigenvalue weighted by atomic mass is 35.5. The Morgan fingerprint density at radius 2 is 2.00 bits per heavy atom. The predicted molar refractivity (Wildman–Crippen MR) is 74.3 cm³/mol. The van der Waals surface area contributed by atoms with Gasteiger partial charge in [0, 0.05) is 34.8 Å². The minimum Gasteiger partial charge on any atom is -0.344 e. The Morgan fingerprint density at radius 1 is 1.26 bits per heavy atom. The number of carbonyl (C=O) groups excluding carboxylic acids is 1. The fraction of sp³-hybridized carbons (Fsp3) is 0.154. The van der Waals surface area contributed by atoms with Crippen LogP contribution in [0.15, 0.2) is 41.9 Å². The van der Waals surface area contributed by atoms with Gasteiger partial charge in [0.1, 0.15) is 5.82 Å². The summed E-state index contributed by atoms with van der Waals surface area (Å²) in [5, 5.41) is 5.88. The molecular weight excluding hydrogens is 285 g/mol. The van der Waals surface area contributed by atoms with Crippen molar-refractivity contribution in [1.29, 1.82) is 0 Å². The number of carbonyl (C=O) groups is 1. The summed E-state index contributed by atoms with van der Waals surface area (Å²) in [4.78, 5) is 11.9. The summed E-state index contributed by atoms with van der Waals surface area (Å²) < 4.78 is 0. The van der Waals surface area contributed by atoms with Crippen LogP contribution in [-0.2, 0) is 11.2 Å². The van der Waals surface area contributed by atoms with Crippen LogP contribution in [0.3, 0.4) is 0 Å². The van der Waals surface area contributed by atoms with E-state index in [-0.39, 0.29) is 5.91 Å². The number of hydrogen-bond acceptors (Lipinski definition) is 3. The van der Waals surface area contributed by atoms with Crippen molar-refractivity contribution < 1.29 is 4.79 Å². The molecule has 19 heavy (non-hydrogen) atoms. The number of hydrogen-bond donors (Lipinski definition) is 2. The van der Waals surface area contributed by atoms with Gasteiger partial charge in [0.2, 0.25) is 0 Å². The van der Waals surface area contributed by atoms with Gasteiger partial charge in [-0.2, -0.15) is 0 Å². The number of amides is 1. The standard InChI is InChI=1S/C13H11Cl2N3O/c14-10-2-1-3-11(15)9(10)6-8-7-13(19)18-12(17-8)4-5-16-18/h1-4,7,16-17H,5-6H2. The first-order valence-corrected chi connectivity index (χ1v) is 6.59. The van der Waals surface area contributed by atoms with Crippen molar-refractivity contribution in [2.45, 2.75) is 6.42 Å². The molecule has 1 aromatic carbocycles. The molecule has 0 radical (unpaired) electrons. The zero-order valence-corrected chi connectivity index (χ0v) is 11.4. The second-order valence-corrected chi connectivity index (χ2v) is 5.11. The van der Waals surface area contributed by atoms with E-state index < -0.39 is 0 Å². The lowest BCUT2D eigenvalue weighted by molar-refractivity contribution is -0.126. The fourth-order valence-corrected chi connectivity index (χ4v) is 2.65. The van der Waals surface area contributed by atoms with Crippen LogP contribution in [0.5, 0.6) is 0 Å². The number of fused-ring (bicyclic) bond motifs is 1. The molecule has 6 heteroatoms. The first-order chi connectivity index (χ1) is 9.15. The second-order valence-electron chi connectivity index (χ2n) is 4.30. The quantitative estimate of drug-likeness (QED) is 0.879. The number of nitrogens with zero attached hydrogens (tertiary/aromatic N) is 1. The zero-order chi connectivity index (χ0) is 13.4. The third kappa shape index (κ3) is 2.34. The minimum absolute atomic E-state index is 0.0966. The lowest BCUT2D eigenvalue weighted by atomic mass is 10.1. The van der Waals surface area contributed by atoms with Gasteiger partial charge in [0.25, 0.3) is 5.91 Å². The lowest BCUT2D eigenvalue weighted by Gasteiger charge is -2.26. The Balaban J connectivity index is 1.88. The average Bonchev–Trinajstić information content (AvgIpc) is 2.83. The molecule has 98 valence electrons. The van der Waals surface area contributed by atoms with Gasteiger partial charge in [-0.3, -0.25) is 4.79 Å². The largest absolute Gasteiger partial charge is 0.344 e. The molecule has 0 atom stereocenters. The van der Waals surface area contributed by atoms with Gasteiger partial charge >= 0.3 is 0 Å². The lowest BCUT2D eigenvalue weighted by Crippen LogP contribution is -2.44. The van der Waals surface area contributed by atoms with E-state index in [2.05, 4.69) is 10.7 Å². The summed E-state index contributed by atoms with van der Waals surface area (Å²) in [6, 6.07) is 5.38. The molecular formula is C13H11Cl2N3O. The van der Waals surface area contributed by atoms with Crippen LogP contribution >= 0.6 is 23.2 Å². The second kappa shape index (κ2) is 4.89. The molecule has 0 saturated carbocycles. The molecule has 0 saturated heterocycles. The minimum atomic E-state index is -0.0966. The molecule has 0 fully saturated rings. The van der Waals surface area contributed by atoms with Gasteiger partial charge in [-0.25, -0.2) is 10.4 Å². The van der Waals surface area contributed by atoms with Gasteiger partial charge < -0.3 is 5.32 Å². The summed E-state index contributed by atoms with van der Waals surface area (Å²) in [7, 11) is 0. The number of hydrazine groups is 1. The van der Waals surface area contributed by atoms with Crippen LogP contribution in [0.4, 0.5) is 0 Å². The fourth-order valence-electron chi connectivity index (χ4n) is 2.11. The number of nitrogens with one attached hydrogen (secondary N) is 2. The van der Waals surface area contributed by atoms with Crippen molar-refractivity contribution in [1.82, 2.24) is 15.8 Å². The molecule has 4 nitrogen and oxygen atoms in total. The third-order valence-electron chi connectivity index (χ3n) is 3.02. The molecule has 0 unspecified atom stereocenters. The first-order valence-electron chi connectivity index (χ1n) is 5.83. The molecule has 2 N–H and O–H groups in total. The molecule has 2 aliphatic heterocycles. The average molecular weight is 296 g/mol. The number of allylic oxidation sites excluding steroid dienone is 1. The summed E-state index contributed by atoms with van der Waals surface area (Å²) >= 11 is 12.3. The number of halogens is 2. The van der Waals surface area contributed by atoms with Crippen molar-refractivity contribution in [3.8, 4) is 0 Å². The maximum absolute atomic E-state index is 11.9. The third-order valence-corrected chi connectivity index (χ3v) is 3.73. The Morgan fingerprint density at radius 3 is 2.74 bits per heavy atom. The Hall–Kier alpha value is -1.49. The molecule has 0 spiro atoms. The number of rotatable bonds is 2. The maximum atomic E-state index is 11.9. The van der Waals surface area contributed by atoms with Crippen molar-refractivity contribution in [2.75, 3.05) is 6.54 Å². The maximum Gasteiger partial charge on any atom is 0.268 e. The van der Waals surface area contributed by atoms with Gasteiger partial charge in [0.05, 0.1) is 0 Å². The van der Waals surface area contributed by atoms with E-state index >= 15 is 0 Å². The van der Waals surface area contributed by atoms with Gasteiger partial charge in [-0.05, 0) is 23.8 Å². The molecule has 0 bridgehead atoms. The summed E-state index contributed by atoms with van der Waals surface area (Å²) in [5.74, 6) is 0.659. The highest BCUT2D eigenvalue weighted by Crippen LogP contribution is 2.27. The van der Waals surface area contributed by atoms with E-state index in [1.165, 1.54) is 5.01 Å². The van der Waals surface area contributed by atoms with E-state index in [1.807, 2.05) is 6.08 Å². The normalized spacial score (nSPS) is 17.8. The highest BCUT2D eigenvalue weighted by Gasteiger charge is 2.26.